The van der Waals surface area contributed by atoms with Gasteiger partial charge in [0.05, 0.1) is 12.6 Å². The third-order valence-electron chi connectivity index (χ3n) is 4.28. The molecule has 1 atom stereocenters. The number of urea groups is 1. The molecular formula is C17H25FN2O2. The minimum Gasteiger partial charge on any atom is -0.395 e. The lowest BCUT2D eigenvalue weighted by atomic mass is 9.77. The first kappa shape index (κ1) is 16.7. The number of hydrogen-bond acceptors (Lipinski definition) is 2. The first-order chi connectivity index (χ1) is 10.7. The Kier molecular flexibility index (Phi) is 6.19. The molecule has 2 rings (SSSR count). The van der Waals surface area contributed by atoms with Gasteiger partial charge in [-0.3, -0.25) is 0 Å². The summed E-state index contributed by atoms with van der Waals surface area (Å²) in [6.07, 6.45) is 4.18. The summed E-state index contributed by atoms with van der Waals surface area (Å²) in [5.74, 6) is 0.141. The molecule has 4 nitrogen and oxygen atoms in total. The first-order valence-electron chi connectivity index (χ1n) is 8.07. The molecular weight excluding hydrogens is 283 g/mol. The maximum absolute atomic E-state index is 13.1. The maximum atomic E-state index is 13.1. The second kappa shape index (κ2) is 8.13. The minimum atomic E-state index is -0.268. The van der Waals surface area contributed by atoms with Crippen molar-refractivity contribution in [2.24, 2.45) is 5.92 Å². The molecule has 1 fully saturated rings. The molecule has 1 aromatic rings. The zero-order chi connectivity index (χ0) is 15.9. The maximum Gasteiger partial charge on any atom is 0.317 e. The van der Waals surface area contributed by atoms with Gasteiger partial charge in [0.1, 0.15) is 5.82 Å². The van der Waals surface area contributed by atoms with E-state index in [-0.39, 0.29) is 24.5 Å². The van der Waals surface area contributed by atoms with Crippen molar-refractivity contribution in [2.75, 3.05) is 19.7 Å². The van der Waals surface area contributed by atoms with E-state index >= 15 is 0 Å². The Morgan fingerprint density at radius 3 is 2.55 bits per heavy atom. The van der Waals surface area contributed by atoms with E-state index in [2.05, 4.69) is 5.32 Å². The zero-order valence-electron chi connectivity index (χ0n) is 13.1. The second-order valence-electron chi connectivity index (χ2n) is 5.88. The van der Waals surface area contributed by atoms with E-state index in [1.807, 2.05) is 6.92 Å². The standard InChI is InChI=1S/C17H25FN2O2/c1-2-10-20(11-12-21)17(22)19-16(13-4-3-5-13)14-6-8-15(18)9-7-14/h6-9,13,16,21H,2-5,10-12H2,1H3,(H,19,22). The van der Waals surface area contributed by atoms with Crippen molar-refractivity contribution in [2.45, 2.75) is 38.6 Å². The highest BCUT2D eigenvalue weighted by molar-refractivity contribution is 5.74. The molecule has 1 saturated carbocycles. The van der Waals surface area contributed by atoms with Gasteiger partial charge in [-0.1, -0.05) is 25.5 Å². The lowest BCUT2D eigenvalue weighted by molar-refractivity contribution is 0.161. The fourth-order valence-corrected chi connectivity index (χ4v) is 2.85. The van der Waals surface area contributed by atoms with Gasteiger partial charge in [0, 0.05) is 13.1 Å². The summed E-state index contributed by atoms with van der Waals surface area (Å²) in [5, 5.41) is 12.2. The molecule has 2 amide bonds. The second-order valence-corrected chi connectivity index (χ2v) is 5.88. The van der Waals surface area contributed by atoms with Crippen LogP contribution in [0.1, 0.15) is 44.2 Å². The zero-order valence-corrected chi connectivity index (χ0v) is 13.1. The SMILES string of the molecule is CCCN(CCO)C(=O)NC(c1ccc(F)cc1)C1CCC1. The molecule has 1 aromatic carbocycles. The van der Waals surface area contributed by atoms with E-state index in [0.717, 1.165) is 24.8 Å². The van der Waals surface area contributed by atoms with Crippen LogP contribution < -0.4 is 5.32 Å². The Bertz CT molecular complexity index is 468. The van der Waals surface area contributed by atoms with Crippen LogP contribution in [0.15, 0.2) is 24.3 Å². The number of rotatable bonds is 7. The van der Waals surface area contributed by atoms with Gasteiger partial charge in [-0.05, 0) is 42.9 Å². The number of carbonyl (C=O) groups excluding carboxylic acids is 1. The van der Waals surface area contributed by atoms with E-state index in [1.165, 1.54) is 18.6 Å². The highest BCUT2D eigenvalue weighted by Crippen LogP contribution is 2.37. The number of nitrogens with zero attached hydrogens (tertiary/aromatic N) is 1. The Balaban J connectivity index is 2.08. The summed E-state index contributed by atoms with van der Waals surface area (Å²) < 4.78 is 13.1. The average molecular weight is 308 g/mol. The van der Waals surface area contributed by atoms with Crippen LogP contribution >= 0.6 is 0 Å². The van der Waals surface area contributed by atoms with Gasteiger partial charge in [-0.15, -0.1) is 0 Å². The Labute approximate surface area is 131 Å². The van der Waals surface area contributed by atoms with Crippen LogP contribution in [-0.2, 0) is 0 Å². The van der Waals surface area contributed by atoms with Crippen molar-refractivity contribution in [1.82, 2.24) is 10.2 Å². The minimum absolute atomic E-state index is 0.0436. The fourth-order valence-electron chi connectivity index (χ4n) is 2.85. The summed E-state index contributed by atoms with van der Waals surface area (Å²) in [4.78, 5) is 14.1. The van der Waals surface area contributed by atoms with Gasteiger partial charge in [0.15, 0.2) is 0 Å². The molecule has 0 aliphatic heterocycles. The molecule has 1 aliphatic carbocycles. The highest BCUT2D eigenvalue weighted by Gasteiger charge is 2.30. The molecule has 0 spiro atoms. The summed E-state index contributed by atoms with van der Waals surface area (Å²) in [5.41, 5.74) is 0.944. The summed E-state index contributed by atoms with van der Waals surface area (Å²) in [7, 11) is 0. The highest BCUT2D eigenvalue weighted by atomic mass is 19.1. The third kappa shape index (κ3) is 4.19. The fraction of sp³-hybridized carbons (Fsp3) is 0.588. The van der Waals surface area contributed by atoms with Crippen LogP contribution in [0.2, 0.25) is 0 Å². The summed E-state index contributed by atoms with van der Waals surface area (Å²) in [6, 6.07) is 6.12. The molecule has 0 heterocycles. The van der Waals surface area contributed by atoms with Gasteiger partial charge >= 0.3 is 6.03 Å². The van der Waals surface area contributed by atoms with Crippen LogP contribution in [0.25, 0.3) is 0 Å². The molecule has 1 unspecified atom stereocenters. The van der Waals surface area contributed by atoms with Crippen LogP contribution in [-0.4, -0.2) is 35.7 Å². The Morgan fingerprint density at radius 2 is 2.05 bits per heavy atom. The molecule has 0 aromatic heterocycles. The number of aliphatic hydroxyl groups is 1. The first-order valence-corrected chi connectivity index (χ1v) is 8.07. The number of hydrogen-bond donors (Lipinski definition) is 2. The van der Waals surface area contributed by atoms with Gasteiger partial charge < -0.3 is 15.3 Å². The predicted octanol–water partition coefficient (Wildman–Crippen LogP) is 3.08. The molecule has 0 saturated heterocycles. The number of carbonyl (C=O) groups is 1. The van der Waals surface area contributed by atoms with Crippen molar-refractivity contribution in [1.29, 1.82) is 0 Å². The van der Waals surface area contributed by atoms with Crippen molar-refractivity contribution >= 4 is 6.03 Å². The normalized spacial score (nSPS) is 16.0. The predicted molar refractivity (Wildman–Crippen MR) is 84.0 cm³/mol. The van der Waals surface area contributed by atoms with E-state index in [0.29, 0.717) is 19.0 Å². The van der Waals surface area contributed by atoms with Crippen molar-refractivity contribution in [3.05, 3.63) is 35.6 Å². The van der Waals surface area contributed by atoms with Gasteiger partial charge in [-0.2, -0.15) is 0 Å². The van der Waals surface area contributed by atoms with E-state index in [1.54, 1.807) is 17.0 Å². The third-order valence-corrected chi connectivity index (χ3v) is 4.28. The smallest absolute Gasteiger partial charge is 0.317 e. The molecule has 0 radical (unpaired) electrons. The van der Waals surface area contributed by atoms with Crippen molar-refractivity contribution in [3.63, 3.8) is 0 Å². The quantitative estimate of drug-likeness (QED) is 0.813. The van der Waals surface area contributed by atoms with Gasteiger partial charge in [0.25, 0.3) is 0 Å². The molecule has 0 bridgehead atoms. The largest absolute Gasteiger partial charge is 0.395 e. The van der Waals surface area contributed by atoms with Crippen LogP contribution in [0, 0.1) is 11.7 Å². The van der Waals surface area contributed by atoms with Gasteiger partial charge in [-0.25, -0.2) is 9.18 Å². The van der Waals surface area contributed by atoms with Gasteiger partial charge in [0.2, 0.25) is 0 Å². The monoisotopic (exact) mass is 308 g/mol. The molecule has 5 heteroatoms. The van der Waals surface area contributed by atoms with Crippen molar-refractivity contribution < 1.29 is 14.3 Å². The number of halogens is 1. The summed E-state index contributed by atoms with van der Waals surface area (Å²) >= 11 is 0. The molecule has 122 valence electrons. The topological polar surface area (TPSA) is 52.6 Å². The van der Waals surface area contributed by atoms with Crippen LogP contribution in [0.3, 0.4) is 0 Å². The Morgan fingerprint density at radius 1 is 1.36 bits per heavy atom. The molecule has 22 heavy (non-hydrogen) atoms. The average Bonchev–Trinajstić information content (AvgIpc) is 2.45. The lowest BCUT2D eigenvalue weighted by Crippen LogP contribution is -2.45. The number of nitrogens with one attached hydrogen (secondary N) is 1. The van der Waals surface area contributed by atoms with Crippen LogP contribution in [0.5, 0.6) is 0 Å². The lowest BCUT2D eigenvalue weighted by Gasteiger charge is -2.36. The van der Waals surface area contributed by atoms with Crippen molar-refractivity contribution in [3.8, 4) is 0 Å². The van der Waals surface area contributed by atoms with E-state index < -0.39 is 0 Å². The number of amides is 2. The van der Waals surface area contributed by atoms with Crippen LogP contribution in [0.4, 0.5) is 9.18 Å². The Hall–Kier alpha value is -1.62. The molecule has 2 N–H and O–H groups in total. The van der Waals surface area contributed by atoms with E-state index in [9.17, 15) is 9.18 Å². The van der Waals surface area contributed by atoms with E-state index in [4.69, 9.17) is 5.11 Å². The molecule has 1 aliphatic rings. The number of benzene rings is 1. The number of aliphatic hydroxyl groups excluding tert-OH is 1. The summed E-state index contributed by atoms with van der Waals surface area (Å²) in [6.45, 7) is 2.91.